The highest BCUT2D eigenvalue weighted by Crippen LogP contribution is 2.29. The van der Waals surface area contributed by atoms with Crippen molar-refractivity contribution in [3.8, 4) is 22.8 Å². The lowest BCUT2D eigenvalue weighted by atomic mass is 10.1. The van der Waals surface area contributed by atoms with Crippen LogP contribution in [-0.4, -0.2) is 25.0 Å². The lowest BCUT2D eigenvalue weighted by molar-refractivity contribution is 0.391. The molecule has 136 valence electrons. The molecule has 27 heavy (non-hydrogen) atoms. The molecule has 4 aromatic rings. The van der Waals surface area contributed by atoms with Crippen LogP contribution in [0.4, 0.5) is 0 Å². The lowest BCUT2D eigenvalue weighted by Crippen LogP contribution is -2.11. The number of nitrogens with two attached hydrogens (primary N) is 1. The topological polar surface area (TPSA) is 95.7 Å². The summed E-state index contributed by atoms with van der Waals surface area (Å²) >= 11 is 4.89. The highest BCUT2D eigenvalue weighted by Gasteiger charge is 2.16. The Morgan fingerprint density at radius 1 is 1.07 bits per heavy atom. The van der Waals surface area contributed by atoms with Crippen LogP contribution in [0, 0.1) is 6.92 Å². The maximum Gasteiger partial charge on any atom is 0.237 e. The smallest absolute Gasteiger partial charge is 0.237 e. The van der Waals surface area contributed by atoms with E-state index in [0.29, 0.717) is 28.4 Å². The van der Waals surface area contributed by atoms with E-state index in [4.69, 9.17) is 10.4 Å². The molecule has 0 aliphatic heterocycles. The number of halogens is 1. The second-order valence-electron chi connectivity index (χ2n) is 5.77. The number of rotatable bonds is 5. The summed E-state index contributed by atoms with van der Waals surface area (Å²) in [6.07, 6.45) is 0. The van der Waals surface area contributed by atoms with Gasteiger partial charge in [0, 0.05) is 15.6 Å². The first-order chi connectivity index (χ1) is 13.1. The fraction of sp³-hybridized carbons (Fsp3) is 0.111. The summed E-state index contributed by atoms with van der Waals surface area (Å²) in [6.45, 7) is 2.01. The highest BCUT2D eigenvalue weighted by atomic mass is 79.9. The van der Waals surface area contributed by atoms with Crippen molar-refractivity contribution in [3.63, 3.8) is 0 Å². The van der Waals surface area contributed by atoms with Crippen LogP contribution >= 0.6 is 27.7 Å². The maximum absolute atomic E-state index is 6.17. The Hall–Kier alpha value is -2.65. The normalized spacial score (nSPS) is 11.0. The summed E-state index contributed by atoms with van der Waals surface area (Å²) in [5, 5.41) is 13.0. The molecule has 0 bridgehead atoms. The molecular formula is C18H15BrN6OS. The van der Waals surface area contributed by atoms with Gasteiger partial charge in [0.1, 0.15) is 0 Å². The Bertz CT molecular complexity index is 1090. The summed E-state index contributed by atoms with van der Waals surface area (Å²) in [7, 11) is 0. The highest BCUT2D eigenvalue weighted by molar-refractivity contribution is 9.10. The predicted octanol–water partition coefficient (Wildman–Crippen LogP) is 4.07. The first-order valence-corrected chi connectivity index (χ1v) is 9.88. The third-order valence-corrected chi connectivity index (χ3v) is 5.58. The predicted molar refractivity (Wildman–Crippen MR) is 107 cm³/mol. The van der Waals surface area contributed by atoms with E-state index in [0.717, 1.165) is 21.2 Å². The van der Waals surface area contributed by atoms with Crippen molar-refractivity contribution in [2.45, 2.75) is 17.8 Å². The van der Waals surface area contributed by atoms with Gasteiger partial charge >= 0.3 is 0 Å². The molecule has 0 radical (unpaired) electrons. The minimum Gasteiger partial charge on any atom is -0.338 e. The van der Waals surface area contributed by atoms with E-state index in [1.54, 1.807) is 0 Å². The number of nitrogens with zero attached hydrogens (tertiary/aromatic N) is 5. The van der Waals surface area contributed by atoms with Gasteiger partial charge in [0.05, 0.1) is 5.75 Å². The first-order valence-electron chi connectivity index (χ1n) is 8.10. The SMILES string of the molecule is Cc1ccccc1-c1noc(CSc2nnc(-c3ccccc3Br)n2N)n1. The average Bonchev–Trinajstić information content (AvgIpc) is 3.28. The van der Waals surface area contributed by atoms with E-state index in [1.165, 1.54) is 16.4 Å². The quantitative estimate of drug-likeness (QED) is 0.367. The fourth-order valence-electron chi connectivity index (χ4n) is 2.57. The van der Waals surface area contributed by atoms with E-state index in [9.17, 15) is 0 Å². The largest absolute Gasteiger partial charge is 0.338 e. The van der Waals surface area contributed by atoms with Gasteiger partial charge in [-0.25, -0.2) is 4.68 Å². The van der Waals surface area contributed by atoms with Crippen molar-refractivity contribution in [1.82, 2.24) is 25.0 Å². The second-order valence-corrected chi connectivity index (χ2v) is 7.57. The van der Waals surface area contributed by atoms with Crippen LogP contribution in [0.5, 0.6) is 0 Å². The van der Waals surface area contributed by atoms with Gasteiger partial charge < -0.3 is 10.4 Å². The van der Waals surface area contributed by atoms with Crippen LogP contribution < -0.4 is 5.84 Å². The summed E-state index contributed by atoms with van der Waals surface area (Å²) in [5.74, 6) is 8.28. The Kier molecular flexibility index (Phi) is 4.95. The average molecular weight is 443 g/mol. The van der Waals surface area contributed by atoms with E-state index in [1.807, 2.05) is 55.5 Å². The molecule has 2 aromatic carbocycles. The molecule has 4 rings (SSSR count). The standard InChI is InChI=1S/C18H15BrN6OS/c1-11-6-2-3-7-12(11)16-21-15(26-24-16)10-27-18-23-22-17(25(18)20)13-8-4-5-9-14(13)19/h2-9H,10,20H2,1H3. The number of thioether (sulfide) groups is 1. The molecule has 0 aliphatic carbocycles. The summed E-state index contributed by atoms with van der Waals surface area (Å²) in [5.41, 5.74) is 2.92. The molecule has 0 amide bonds. The Labute approximate surface area is 168 Å². The maximum atomic E-state index is 6.17. The third-order valence-electron chi connectivity index (χ3n) is 3.96. The monoisotopic (exact) mass is 442 g/mol. The number of benzene rings is 2. The van der Waals surface area contributed by atoms with Gasteiger partial charge in [0.25, 0.3) is 0 Å². The molecule has 0 saturated heterocycles. The first kappa shape index (κ1) is 17.7. The number of aryl methyl sites for hydroxylation is 1. The van der Waals surface area contributed by atoms with Crippen molar-refractivity contribution in [1.29, 1.82) is 0 Å². The molecule has 2 aromatic heterocycles. The second kappa shape index (κ2) is 7.53. The molecule has 7 nitrogen and oxygen atoms in total. The van der Waals surface area contributed by atoms with Crippen LogP contribution in [0.1, 0.15) is 11.5 Å². The molecule has 0 fully saturated rings. The van der Waals surface area contributed by atoms with Crippen LogP contribution in [-0.2, 0) is 5.75 Å². The molecule has 2 heterocycles. The Morgan fingerprint density at radius 3 is 2.59 bits per heavy atom. The Morgan fingerprint density at radius 2 is 1.81 bits per heavy atom. The van der Waals surface area contributed by atoms with Crippen molar-refractivity contribution in [3.05, 3.63) is 64.5 Å². The number of nitrogen functional groups attached to an aromatic ring is 1. The van der Waals surface area contributed by atoms with Crippen molar-refractivity contribution in [2.24, 2.45) is 0 Å². The third kappa shape index (κ3) is 3.60. The number of hydrogen-bond donors (Lipinski definition) is 1. The van der Waals surface area contributed by atoms with Gasteiger partial charge in [0.2, 0.25) is 16.9 Å². The minimum atomic E-state index is 0.449. The van der Waals surface area contributed by atoms with Crippen LogP contribution in [0.25, 0.3) is 22.8 Å². The van der Waals surface area contributed by atoms with Crippen LogP contribution in [0.2, 0.25) is 0 Å². The van der Waals surface area contributed by atoms with Gasteiger partial charge in [-0.2, -0.15) is 4.98 Å². The molecule has 0 atom stereocenters. The molecule has 0 aliphatic rings. The molecule has 9 heteroatoms. The zero-order chi connectivity index (χ0) is 18.8. The van der Waals surface area contributed by atoms with E-state index < -0.39 is 0 Å². The molecule has 2 N–H and O–H groups in total. The zero-order valence-corrected chi connectivity index (χ0v) is 16.7. The van der Waals surface area contributed by atoms with Gasteiger partial charge in [-0.05, 0) is 24.6 Å². The van der Waals surface area contributed by atoms with Crippen molar-refractivity contribution in [2.75, 3.05) is 5.84 Å². The summed E-state index contributed by atoms with van der Waals surface area (Å²) in [6, 6.07) is 15.6. The van der Waals surface area contributed by atoms with E-state index in [-0.39, 0.29) is 0 Å². The summed E-state index contributed by atoms with van der Waals surface area (Å²) in [4.78, 5) is 4.46. The van der Waals surface area contributed by atoms with Gasteiger partial charge in [-0.3, -0.25) is 0 Å². The minimum absolute atomic E-state index is 0.449. The van der Waals surface area contributed by atoms with Crippen LogP contribution in [0.3, 0.4) is 0 Å². The molecule has 0 spiro atoms. The fourth-order valence-corrected chi connectivity index (χ4v) is 3.73. The van der Waals surface area contributed by atoms with E-state index in [2.05, 4.69) is 36.3 Å². The number of hydrogen-bond acceptors (Lipinski definition) is 7. The lowest BCUT2D eigenvalue weighted by Gasteiger charge is -2.04. The van der Waals surface area contributed by atoms with Gasteiger partial charge in [-0.1, -0.05) is 69.2 Å². The molecule has 0 saturated carbocycles. The van der Waals surface area contributed by atoms with E-state index >= 15 is 0 Å². The van der Waals surface area contributed by atoms with Crippen LogP contribution in [0.15, 0.2) is 62.7 Å². The van der Waals surface area contributed by atoms with Gasteiger partial charge in [0.15, 0.2) is 5.82 Å². The van der Waals surface area contributed by atoms with Crippen molar-refractivity contribution >= 4 is 27.7 Å². The zero-order valence-electron chi connectivity index (χ0n) is 14.3. The van der Waals surface area contributed by atoms with Crippen molar-refractivity contribution < 1.29 is 4.52 Å². The Balaban J connectivity index is 1.51. The number of aromatic nitrogens is 5. The molecular weight excluding hydrogens is 428 g/mol. The summed E-state index contributed by atoms with van der Waals surface area (Å²) < 4.78 is 7.72. The van der Waals surface area contributed by atoms with Gasteiger partial charge in [-0.15, -0.1) is 10.2 Å². The molecule has 0 unspecified atom stereocenters.